The predicted octanol–water partition coefficient (Wildman–Crippen LogP) is 4.08. The zero-order valence-corrected chi connectivity index (χ0v) is 11.1. The maximum Gasteiger partial charge on any atom is 0.141 e. The maximum absolute atomic E-state index is 5.37. The van der Waals surface area contributed by atoms with E-state index in [-0.39, 0.29) is 0 Å². The van der Waals surface area contributed by atoms with Crippen LogP contribution in [-0.2, 0) is 0 Å². The van der Waals surface area contributed by atoms with Crippen molar-refractivity contribution in [1.29, 1.82) is 0 Å². The van der Waals surface area contributed by atoms with E-state index in [1.807, 2.05) is 12.1 Å². The van der Waals surface area contributed by atoms with Crippen molar-refractivity contribution in [3.63, 3.8) is 0 Å². The van der Waals surface area contributed by atoms with Crippen molar-refractivity contribution < 1.29 is 4.74 Å². The van der Waals surface area contributed by atoms with Gasteiger partial charge in [-0.15, -0.1) is 0 Å². The van der Waals surface area contributed by atoms with Gasteiger partial charge >= 0.3 is 0 Å². The zero-order valence-electron chi connectivity index (χ0n) is 11.1. The summed E-state index contributed by atoms with van der Waals surface area (Å²) in [4.78, 5) is 0. The molecule has 0 unspecified atom stereocenters. The molecule has 94 valence electrons. The monoisotopic (exact) mass is 233 g/mol. The molecule has 1 saturated carbocycles. The number of methoxy groups -OCH3 is 1. The highest BCUT2D eigenvalue weighted by atomic mass is 16.5. The van der Waals surface area contributed by atoms with Crippen LogP contribution in [0.3, 0.4) is 0 Å². The van der Waals surface area contributed by atoms with Crippen molar-refractivity contribution in [1.82, 2.24) is 0 Å². The van der Waals surface area contributed by atoms with Gasteiger partial charge in [0.05, 0.1) is 12.8 Å². The van der Waals surface area contributed by atoms with Gasteiger partial charge in [-0.2, -0.15) is 0 Å². The Bertz CT molecular complexity index is 363. The van der Waals surface area contributed by atoms with Gasteiger partial charge in [0.1, 0.15) is 5.75 Å². The largest absolute Gasteiger partial charge is 0.495 e. The molecule has 0 atom stereocenters. The van der Waals surface area contributed by atoms with E-state index in [0.717, 1.165) is 11.4 Å². The van der Waals surface area contributed by atoms with Gasteiger partial charge in [-0.25, -0.2) is 0 Å². The van der Waals surface area contributed by atoms with Crippen LogP contribution in [0.5, 0.6) is 5.75 Å². The number of hydrogen-bond donors (Lipinski definition) is 1. The number of ether oxygens (including phenoxy) is 1. The lowest BCUT2D eigenvalue weighted by Crippen LogP contribution is -2.29. The van der Waals surface area contributed by atoms with E-state index in [0.29, 0.717) is 11.5 Å². The van der Waals surface area contributed by atoms with Crippen molar-refractivity contribution in [3.05, 3.63) is 24.3 Å². The van der Waals surface area contributed by atoms with Gasteiger partial charge in [0.25, 0.3) is 0 Å². The van der Waals surface area contributed by atoms with E-state index in [1.54, 1.807) is 7.11 Å². The molecule has 0 aromatic heterocycles. The molecule has 2 rings (SSSR count). The molecule has 1 aliphatic carbocycles. The van der Waals surface area contributed by atoms with Crippen molar-refractivity contribution in [3.8, 4) is 5.75 Å². The first-order valence-electron chi connectivity index (χ1n) is 6.50. The van der Waals surface area contributed by atoms with Crippen molar-refractivity contribution in [2.75, 3.05) is 12.4 Å². The number of hydrogen-bond acceptors (Lipinski definition) is 2. The molecule has 17 heavy (non-hydrogen) atoms. The van der Waals surface area contributed by atoms with Crippen LogP contribution in [0.15, 0.2) is 24.3 Å². The predicted molar refractivity (Wildman–Crippen MR) is 72.7 cm³/mol. The molecule has 1 fully saturated rings. The fourth-order valence-electron chi connectivity index (χ4n) is 2.53. The highest BCUT2D eigenvalue weighted by Crippen LogP contribution is 2.37. The van der Waals surface area contributed by atoms with Gasteiger partial charge in [0.15, 0.2) is 0 Å². The molecule has 2 heteroatoms. The summed E-state index contributed by atoms with van der Waals surface area (Å²) in [5.74, 6) is 0.942. The lowest BCUT2D eigenvalue weighted by atomic mass is 9.75. The first kappa shape index (κ1) is 12.3. The average Bonchev–Trinajstić information content (AvgIpc) is 2.32. The van der Waals surface area contributed by atoms with E-state index in [2.05, 4.69) is 31.3 Å². The van der Waals surface area contributed by atoms with E-state index >= 15 is 0 Å². The zero-order chi connectivity index (χ0) is 12.3. The molecule has 1 aromatic carbocycles. The minimum Gasteiger partial charge on any atom is -0.495 e. The smallest absolute Gasteiger partial charge is 0.141 e. The van der Waals surface area contributed by atoms with E-state index in [9.17, 15) is 0 Å². The molecular weight excluding hydrogens is 210 g/mol. The summed E-state index contributed by atoms with van der Waals surface area (Å²) < 4.78 is 5.37. The lowest BCUT2D eigenvalue weighted by Gasteiger charge is -2.35. The number of nitrogens with one attached hydrogen (secondary N) is 1. The van der Waals surface area contributed by atoms with Crippen LogP contribution in [-0.4, -0.2) is 13.2 Å². The van der Waals surface area contributed by atoms with Crippen molar-refractivity contribution in [2.45, 2.75) is 45.6 Å². The second kappa shape index (κ2) is 4.99. The Balaban J connectivity index is 1.98. The molecule has 0 saturated heterocycles. The van der Waals surface area contributed by atoms with Crippen LogP contribution in [0.1, 0.15) is 39.5 Å². The van der Waals surface area contributed by atoms with Gasteiger partial charge < -0.3 is 10.1 Å². The van der Waals surface area contributed by atoms with Crippen molar-refractivity contribution in [2.24, 2.45) is 5.41 Å². The normalized spacial score (nSPS) is 19.9. The topological polar surface area (TPSA) is 21.3 Å². The number of rotatable bonds is 3. The van der Waals surface area contributed by atoms with Crippen LogP contribution in [0.2, 0.25) is 0 Å². The van der Waals surface area contributed by atoms with E-state index < -0.39 is 0 Å². The Morgan fingerprint density at radius 3 is 2.47 bits per heavy atom. The SMILES string of the molecule is COc1ccccc1NC1CCC(C)(C)CC1. The van der Waals surface area contributed by atoms with Gasteiger partial charge in [-0.3, -0.25) is 0 Å². The highest BCUT2D eigenvalue weighted by Gasteiger charge is 2.26. The van der Waals surface area contributed by atoms with Crippen LogP contribution in [0, 0.1) is 5.41 Å². The Labute approximate surface area is 104 Å². The Morgan fingerprint density at radius 2 is 1.82 bits per heavy atom. The Morgan fingerprint density at radius 1 is 1.18 bits per heavy atom. The molecule has 0 spiro atoms. The quantitative estimate of drug-likeness (QED) is 0.849. The second-order valence-corrected chi connectivity index (χ2v) is 5.78. The summed E-state index contributed by atoms with van der Waals surface area (Å²) in [5.41, 5.74) is 1.65. The molecule has 2 nitrogen and oxygen atoms in total. The second-order valence-electron chi connectivity index (χ2n) is 5.78. The van der Waals surface area contributed by atoms with E-state index in [1.165, 1.54) is 25.7 Å². The molecule has 1 aromatic rings. The molecule has 1 N–H and O–H groups in total. The first-order chi connectivity index (χ1) is 8.11. The summed E-state index contributed by atoms with van der Waals surface area (Å²) in [5, 5.41) is 3.61. The Hall–Kier alpha value is -1.18. The summed E-state index contributed by atoms with van der Waals surface area (Å²) in [7, 11) is 1.73. The highest BCUT2D eigenvalue weighted by molar-refractivity contribution is 5.56. The first-order valence-corrected chi connectivity index (χ1v) is 6.50. The number of anilines is 1. The molecule has 0 bridgehead atoms. The van der Waals surface area contributed by atoms with E-state index in [4.69, 9.17) is 4.74 Å². The molecule has 0 amide bonds. The summed E-state index contributed by atoms with van der Waals surface area (Å²) >= 11 is 0. The third-order valence-corrected chi connectivity index (χ3v) is 3.81. The minimum atomic E-state index is 0.527. The Kier molecular flexibility index (Phi) is 3.60. The lowest BCUT2D eigenvalue weighted by molar-refractivity contribution is 0.232. The van der Waals surface area contributed by atoms with Gasteiger partial charge in [-0.05, 0) is 43.2 Å². The molecular formula is C15H23NO. The third-order valence-electron chi connectivity index (χ3n) is 3.81. The maximum atomic E-state index is 5.37. The molecule has 0 aliphatic heterocycles. The standard InChI is InChI=1S/C15H23NO/c1-15(2)10-8-12(9-11-15)16-13-6-4-5-7-14(13)17-3/h4-7,12,16H,8-11H2,1-3H3. The van der Waals surface area contributed by atoms with Crippen LogP contribution < -0.4 is 10.1 Å². The molecule has 1 aliphatic rings. The fourth-order valence-corrected chi connectivity index (χ4v) is 2.53. The number of para-hydroxylation sites is 2. The summed E-state index contributed by atoms with van der Waals surface area (Å²) in [6, 6.07) is 8.76. The van der Waals surface area contributed by atoms with Crippen LogP contribution in [0.25, 0.3) is 0 Å². The van der Waals surface area contributed by atoms with Crippen molar-refractivity contribution >= 4 is 5.69 Å². The number of benzene rings is 1. The van der Waals surface area contributed by atoms with Crippen LogP contribution in [0.4, 0.5) is 5.69 Å². The minimum absolute atomic E-state index is 0.527. The summed E-state index contributed by atoms with van der Waals surface area (Å²) in [6.07, 6.45) is 5.12. The summed E-state index contributed by atoms with van der Waals surface area (Å²) in [6.45, 7) is 4.73. The fraction of sp³-hybridized carbons (Fsp3) is 0.600. The molecule has 0 heterocycles. The molecule has 0 radical (unpaired) electrons. The van der Waals surface area contributed by atoms with Gasteiger partial charge in [0.2, 0.25) is 0 Å². The van der Waals surface area contributed by atoms with Crippen LogP contribution >= 0.6 is 0 Å². The van der Waals surface area contributed by atoms with Gasteiger partial charge in [-0.1, -0.05) is 26.0 Å². The third kappa shape index (κ3) is 3.15. The average molecular weight is 233 g/mol. The van der Waals surface area contributed by atoms with Gasteiger partial charge in [0, 0.05) is 6.04 Å².